The van der Waals surface area contributed by atoms with E-state index in [0.717, 1.165) is 5.56 Å². The van der Waals surface area contributed by atoms with Crippen LogP contribution in [0.15, 0.2) is 29.2 Å². The molecule has 2 N–H and O–H groups in total. The lowest BCUT2D eigenvalue weighted by Gasteiger charge is -2.19. The standard InChI is InChI=1S/C15H23NO4S2/c1-15(2,3)11-5-7-12(8-6-11)22(19,20)16-13(14(17)18)9-10-21-4/h5-8,13,16H,9-10H2,1-4H3,(H,17,18)/t13-/m1/s1. The maximum absolute atomic E-state index is 12.3. The van der Waals surface area contributed by atoms with Crippen molar-refractivity contribution < 1.29 is 18.3 Å². The number of hydrogen-bond acceptors (Lipinski definition) is 4. The molecule has 124 valence electrons. The van der Waals surface area contributed by atoms with Gasteiger partial charge in [0.05, 0.1) is 4.90 Å². The van der Waals surface area contributed by atoms with Crippen LogP contribution in [0.2, 0.25) is 0 Å². The molecule has 0 saturated carbocycles. The number of benzene rings is 1. The zero-order valence-electron chi connectivity index (χ0n) is 13.3. The molecule has 0 aliphatic rings. The molecular formula is C15H23NO4S2. The molecule has 1 aromatic rings. The number of hydrogen-bond donors (Lipinski definition) is 2. The predicted octanol–water partition coefficient (Wildman–Crippen LogP) is 2.47. The Balaban J connectivity index is 2.96. The minimum atomic E-state index is -3.84. The van der Waals surface area contributed by atoms with Crippen molar-refractivity contribution in [1.82, 2.24) is 4.72 Å². The fraction of sp³-hybridized carbons (Fsp3) is 0.533. The highest BCUT2D eigenvalue weighted by atomic mass is 32.2. The van der Waals surface area contributed by atoms with Gasteiger partial charge in [0.25, 0.3) is 0 Å². The van der Waals surface area contributed by atoms with Crippen LogP contribution in [0.3, 0.4) is 0 Å². The molecule has 0 heterocycles. The fourth-order valence-electron chi connectivity index (χ4n) is 1.86. The highest BCUT2D eigenvalue weighted by molar-refractivity contribution is 7.98. The van der Waals surface area contributed by atoms with Gasteiger partial charge in [-0.3, -0.25) is 4.79 Å². The quantitative estimate of drug-likeness (QED) is 0.793. The van der Waals surface area contributed by atoms with E-state index in [4.69, 9.17) is 5.11 Å². The first-order chi connectivity index (χ1) is 10.1. The first-order valence-electron chi connectivity index (χ1n) is 6.92. The van der Waals surface area contributed by atoms with E-state index in [1.54, 1.807) is 12.1 Å². The molecule has 0 bridgehead atoms. The second-order valence-electron chi connectivity index (χ2n) is 6.07. The molecule has 1 rings (SSSR count). The average molecular weight is 345 g/mol. The lowest BCUT2D eigenvalue weighted by molar-refractivity contribution is -0.139. The van der Waals surface area contributed by atoms with Gasteiger partial charge in [0, 0.05) is 0 Å². The van der Waals surface area contributed by atoms with Crippen molar-refractivity contribution >= 4 is 27.8 Å². The van der Waals surface area contributed by atoms with Crippen LogP contribution in [0.5, 0.6) is 0 Å². The molecule has 1 aromatic carbocycles. The molecule has 5 nitrogen and oxygen atoms in total. The Morgan fingerprint density at radius 3 is 2.23 bits per heavy atom. The topological polar surface area (TPSA) is 83.5 Å². The minimum absolute atomic E-state index is 0.0718. The summed E-state index contributed by atoms with van der Waals surface area (Å²) < 4.78 is 26.8. The Labute approximate surface area is 136 Å². The van der Waals surface area contributed by atoms with E-state index in [-0.39, 0.29) is 16.7 Å². The molecule has 0 aromatic heterocycles. The first kappa shape index (κ1) is 19.0. The van der Waals surface area contributed by atoms with Crippen LogP contribution in [0.4, 0.5) is 0 Å². The summed E-state index contributed by atoms with van der Waals surface area (Å²) in [6.07, 6.45) is 2.09. The van der Waals surface area contributed by atoms with E-state index >= 15 is 0 Å². The van der Waals surface area contributed by atoms with E-state index in [0.29, 0.717) is 5.75 Å². The van der Waals surface area contributed by atoms with E-state index in [9.17, 15) is 13.2 Å². The van der Waals surface area contributed by atoms with Crippen LogP contribution in [-0.2, 0) is 20.2 Å². The van der Waals surface area contributed by atoms with Crippen molar-refractivity contribution in [2.45, 2.75) is 43.5 Å². The van der Waals surface area contributed by atoms with Gasteiger partial charge in [-0.05, 0) is 41.5 Å². The van der Waals surface area contributed by atoms with Crippen LogP contribution in [0.1, 0.15) is 32.8 Å². The Kier molecular flexibility index (Phi) is 6.46. The summed E-state index contributed by atoms with van der Waals surface area (Å²) in [6.45, 7) is 6.12. The highest BCUT2D eigenvalue weighted by Crippen LogP contribution is 2.23. The number of nitrogens with one attached hydrogen (secondary N) is 1. The van der Waals surface area contributed by atoms with Gasteiger partial charge in [-0.15, -0.1) is 0 Å². The molecule has 0 fully saturated rings. The number of sulfonamides is 1. The first-order valence-corrected chi connectivity index (χ1v) is 9.80. The van der Waals surface area contributed by atoms with Gasteiger partial charge in [0.15, 0.2) is 0 Å². The molecule has 0 saturated heterocycles. The van der Waals surface area contributed by atoms with Crippen molar-refractivity contribution in [3.63, 3.8) is 0 Å². The molecule has 1 atom stereocenters. The summed E-state index contributed by atoms with van der Waals surface area (Å²) in [5.74, 6) is -0.591. The molecule has 22 heavy (non-hydrogen) atoms. The Morgan fingerprint density at radius 2 is 1.82 bits per heavy atom. The summed E-state index contributed by atoms with van der Waals surface area (Å²) in [4.78, 5) is 11.2. The van der Waals surface area contributed by atoms with Gasteiger partial charge in [-0.1, -0.05) is 32.9 Å². The molecule has 0 unspecified atom stereocenters. The zero-order valence-corrected chi connectivity index (χ0v) is 14.9. The van der Waals surface area contributed by atoms with Crippen LogP contribution < -0.4 is 4.72 Å². The summed E-state index contributed by atoms with van der Waals surface area (Å²) >= 11 is 1.48. The maximum Gasteiger partial charge on any atom is 0.321 e. The van der Waals surface area contributed by atoms with Crippen molar-refractivity contribution in [1.29, 1.82) is 0 Å². The lowest BCUT2D eigenvalue weighted by atomic mass is 9.87. The molecule has 0 aliphatic carbocycles. The van der Waals surface area contributed by atoms with Gasteiger partial charge in [-0.2, -0.15) is 16.5 Å². The van der Waals surface area contributed by atoms with Gasteiger partial charge in [0.1, 0.15) is 6.04 Å². The summed E-state index contributed by atoms with van der Waals surface area (Å²) in [7, 11) is -3.84. The Bertz CT molecular complexity index is 603. The summed E-state index contributed by atoms with van der Waals surface area (Å²) in [6, 6.07) is 5.42. The Hall–Kier alpha value is -1.05. The van der Waals surface area contributed by atoms with E-state index < -0.39 is 22.0 Å². The number of carboxylic acid groups (broad SMARTS) is 1. The van der Waals surface area contributed by atoms with Crippen molar-refractivity contribution in [3.05, 3.63) is 29.8 Å². The number of rotatable bonds is 7. The largest absolute Gasteiger partial charge is 0.480 e. The summed E-state index contributed by atoms with van der Waals surface area (Å²) in [5, 5.41) is 9.12. The van der Waals surface area contributed by atoms with Crippen LogP contribution in [-0.4, -0.2) is 37.5 Å². The highest BCUT2D eigenvalue weighted by Gasteiger charge is 2.25. The second-order valence-corrected chi connectivity index (χ2v) is 8.77. The molecule has 7 heteroatoms. The van der Waals surface area contributed by atoms with E-state index in [2.05, 4.69) is 4.72 Å². The van der Waals surface area contributed by atoms with Gasteiger partial charge in [-0.25, -0.2) is 8.42 Å². The molecule has 0 amide bonds. The number of aliphatic carboxylic acids is 1. The normalized spacial score (nSPS) is 13.8. The third-order valence-corrected chi connectivity index (χ3v) is 5.37. The van der Waals surface area contributed by atoms with Crippen LogP contribution >= 0.6 is 11.8 Å². The lowest BCUT2D eigenvalue weighted by Crippen LogP contribution is -2.41. The number of carboxylic acids is 1. The van der Waals surface area contributed by atoms with Crippen LogP contribution in [0.25, 0.3) is 0 Å². The zero-order chi connectivity index (χ0) is 17.0. The van der Waals surface area contributed by atoms with Crippen molar-refractivity contribution in [3.8, 4) is 0 Å². The minimum Gasteiger partial charge on any atom is -0.480 e. The van der Waals surface area contributed by atoms with Crippen LogP contribution in [0, 0.1) is 0 Å². The third kappa shape index (κ3) is 5.30. The average Bonchev–Trinajstić information content (AvgIpc) is 2.42. The van der Waals surface area contributed by atoms with Crippen molar-refractivity contribution in [2.24, 2.45) is 0 Å². The van der Waals surface area contributed by atoms with Gasteiger partial charge in [0.2, 0.25) is 10.0 Å². The molecule has 0 radical (unpaired) electrons. The van der Waals surface area contributed by atoms with E-state index in [1.807, 2.05) is 27.0 Å². The monoisotopic (exact) mass is 345 g/mol. The predicted molar refractivity (Wildman–Crippen MR) is 89.9 cm³/mol. The number of thioether (sulfide) groups is 1. The fourth-order valence-corrected chi connectivity index (χ4v) is 3.55. The third-order valence-electron chi connectivity index (χ3n) is 3.24. The molecular weight excluding hydrogens is 322 g/mol. The SMILES string of the molecule is CSCC[C@@H](NS(=O)(=O)c1ccc(C(C)(C)C)cc1)C(=O)O. The van der Waals surface area contributed by atoms with Crippen molar-refractivity contribution in [2.75, 3.05) is 12.0 Å². The van der Waals surface area contributed by atoms with E-state index in [1.165, 1.54) is 23.9 Å². The van der Waals surface area contributed by atoms with Gasteiger partial charge < -0.3 is 5.11 Å². The molecule has 0 aliphatic heterocycles. The number of carbonyl (C=O) groups is 1. The Morgan fingerprint density at radius 1 is 1.27 bits per heavy atom. The van der Waals surface area contributed by atoms with Gasteiger partial charge >= 0.3 is 5.97 Å². The second kappa shape index (κ2) is 7.48. The smallest absolute Gasteiger partial charge is 0.321 e. The molecule has 0 spiro atoms. The maximum atomic E-state index is 12.3. The summed E-state index contributed by atoms with van der Waals surface area (Å²) in [5.41, 5.74) is 0.945.